The van der Waals surface area contributed by atoms with Crippen molar-refractivity contribution >= 4 is 32.6 Å². The van der Waals surface area contributed by atoms with Gasteiger partial charge in [-0.15, -0.1) is 0 Å². The monoisotopic (exact) mass is 313 g/mol. The highest BCUT2D eigenvalue weighted by atomic mass is 32.2. The van der Waals surface area contributed by atoms with E-state index in [0.717, 1.165) is 18.9 Å². The lowest BCUT2D eigenvalue weighted by Crippen LogP contribution is -2.32. The van der Waals surface area contributed by atoms with Gasteiger partial charge in [-0.25, -0.2) is 8.42 Å². The highest BCUT2D eigenvalue weighted by Crippen LogP contribution is 2.35. The Morgan fingerprint density at radius 2 is 2.20 bits per heavy atom. The van der Waals surface area contributed by atoms with Crippen LogP contribution in [0.5, 0.6) is 0 Å². The van der Waals surface area contributed by atoms with Crippen molar-refractivity contribution in [1.29, 1.82) is 0 Å². The topological polar surface area (TPSA) is 102 Å². The van der Waals surface area contributed by atoms with E-state index < -0.39 is 14.9 Å². The summed E-state index contributed by atoms with van der Waals surface area (Å²) in [6.07, 6.45) is 2.27. The first-order chi connectivity index (χ1) is 9.45. The average molecular weight is 313 g/mol. The van der Waals surface area contributed by atoms with Crippen LogP contribution >= 0.6 is 11.8 Å². The number of aliphatic imine (C=N–C) groups is 1. The molecule has 0 saturated heterocycles. The number of thioether (sulfide) groups is 1. The van der Waals surface area contributed by atoms with Crippen LogP contribution in [0.25, 0.3) is 0 Å². The van der Waals surface area contributed by atoms with Crippen LogP contribution in [-0.4, -0.2) is 25.1 Å². The molecule has 9 heteroatoms. The number of nitrogens with zero attached hydrogens (tertiary/aromatic N) is 2. The molecule has 20 heavy (non-hydrogen) atoms. The second kappa shape index (κ2) is 4.74. The van der Waals surface area contributed by atoms with Gasteiger partial charge in [0.1, 0.15) is 4.90 Å². The molecule has 0 atom stereocenters. The average Bonchev–Trinajstić information content (AvgIpc) is 3.19. The lowest BCUT2D eigenvalue weighted by Gasteiger charge is -2.18. The van der Waals surface area contributed by atoms with E-state index in [-0.39, 0.29) is 10.6 Å². The fraction of sp³-hybridized carbons (Fsp3) is 0.364. The Balaban J connectivity index is 1.95. The summed E-state index contributed by atoms with van der Waals surface area (Å²) in [4.78, 5) is 14.7. The first kappa shape index (κ1) is 13.4. The zero-order valence-electron chi connectivity index (χ0n) is 10.3. The molecule has 1 saturated carbocycles. The van der Waals surface area contributed by atoms with Gasteiger partial charge in [-0.1, -0.05) is 11.8 Å². The molecule has 0 bridgehead atoms. The van der Waals surface area contributed by atoms with E-state index in [9.17, 15) is 18.5 Å². The summed E-state index contributed by atoms with van der Waals surface area (Å²) in [5.74, 6) is 0.561. The molecule has 1 aromatic carbocycles. The third-order valence-electron chi connectivity index (χ3n) is 3.05. The van der Waals surface area contributed by atoms with E-state index >= 15 is 0 Å². The van der Waals surface area contributed by atoms with Crippen molar-refractivity contribution in [3.05, 3.63) is 28.3 Å². The predicted octanol–water partition coefficient (Wildman–Crippen LogP) is 1.74. The van der Waals surface area contributed by atoms with Crippen molar-refractivity contribution in [3.63, 3.8) is 0 Å². The number of benzene rings is 1. The first-order valence-electron chi connectivity index (χ1n) is 5.99. The molecule has 1 aliphatic heterocycles. The van der Waals surface area contributed by atoms with Crippen LogP contribution in [0.4, 0.5) is 5.69 Å². The SMILES string of the molecule is O=[N+]([O-])c1ccc2c(c1)S(=O)(=O)NC(=NCC1CC1)S2. The van der Waals surface area contributed by atoms with Gasteiger partial charge < -0.3 is 0 Å². The molecule has 7 nitrogen and oxygen atoms in total. The summed E-state index contributed by atoms with van der Waals surface area (Å²) in [6, 6.07) is 3.82. The van der Waals surface area contributed by atoms with E-state index in [1.165, 1.54) is 23.9 Å². The first-order valence-corrected chi connectivity index (χ1v) is 8.29. The van der Waals surface area contributed by atoms with Gasteiger partial charge in [0.05, 0.1) is 4.92 Å². The molecule has 0 spiro atoms. The Hall–Kier alpha value is -1.61. The zero-order valence-corrected chi connectivity index (χ0v) is 11.9. The normalized spacial score (nSPS) is 22.1. The summed E-state index contributed by atoms with van der Waals surface area (Å²) in [6.45, 7) is 0.618. The predicted molar refractivity (Wildman–Crippen MR) is 74.3 cm³/mol. The molecule has 3 rings (SSSR count). The minimum Gasteiger partial charge on any atom is -0.261 e. The van der Waals surface area contributed by atoms with Gasteiger partial charge in [0.2, 0.25) is 0 Å². The Labute approximate surface area is 119 Å². The number of rotatable bonds is 3. The molecule has 106 valence electrons. The lowest BCUT2D eigenvalue weighted by atomic mass is 10.3. The van der Waals surface area contributed by atoms with Gasteiger partial charge in [0.25, 0.3) is 15.7 Å². The molecule has 0 unspecified atom stereocenters. The van der Waals surface area contributed by atoms with Crippen molar-refractivity contribution < 1.29 is 13.3 Å². The number of nitro groups is 1. The quantitative estimate of drug-likeness (QED) is 0.676. The molecular weight excluding hydrogens is 302 g/mol. The van der Waals surface area contributed by atoms with E-state index in [1.54, 1.807) is 0 Å². The van der Waals surface area contributed by atoms with Crippen LogP contribution in [0, 0.1) is 16.0 Å². The third kappa shape index (κ3) is 2.63. The molecule has 1 aliphatic carbocycles. The van der Waals surface area contributed by atoms with E-state index in [2.05, 4.69) is 9.71 Å². The van der Waals surface area contributed by atoms with E-state index in [4.69, 9.17) is 0 Å². The standard InChI is InChI=1S/C11H11N3O4S2/c15-14(16)8-3-4-9-10(5-8)20(17,18)13-11(19-9)12-6-7-1-2-7/h3-5,7H,1-2,6H2,(H,12,13). The molecule has 0 aromatic heterocycles. The highest BCUT2D eigenvalue weighted by Gasteiger charge is 2.30. The summed E-state index contributed by atoms with van der Waals surface area (Å²) in [5.41, 5.74) is -0.243. The van der Waals surface area contributed by atoms with E-state index in [1.807, 2.05) is 0 Å². The zero-order chi connectivity index (χ0) is 14.3. The maximum atomic E-state index is 12.1. The maximum Gasteiger partial charge on any atom is 0.270 e. The Kier molecular flexibility index (Phi) is 3.17. The molecule has 2 aliphatic rings. The molecular formula is C11H11N3O4S2. The number of sulfonamides is 1. The highest BCUT2D eigenvalue weighted by molar-refractivity contribution is 8.16. The van der Waals surface area contributed by atoms with Gasteiger partial charge in [-0.2, -0.15) is 0 Å². The fourth-order valence-electron chi connectivity index (χ4n) is 1.78. The molecule has 0 amide bonds. The fourth-order valence-corrected chi connectivity index (χ4v) is 4.38. The Morgan fingerprint density at radius 3 is 2.85 bits per heavy atom. The number of nitrogens with one attached hydrogen (secondary N) is 1. The number of amidine groups is 1. The number of fused-ring (bicyclic) bond motifs is 1. The van der Waals surface area contributed by atoms with Crippen molar-refractivity contribution in [3.8, 4) is 0 Å². The third-order valence-corrected chi connectivity index (χ3v) is 5.68. The van der Waals surface area contributed by atoms with Crippen LogP contribution in [0.3, 0.4) is 0 Å². The van der Waals surface area contributed by atoms with Crippen molar-refractivity contribution in [2.24, 2.45) is 10.9 Å². The van der Waals surface area contributed by atoms with Gasteiger partial charge >= 0.3 is 0 Å². The van der Waals surface area contributed by atoms with Crippen LogP contribution in [-0.2, 0) is 10.0 Å². The lowest BCUT2D eigenvalue weighted by molar-refractivity contribution is -0.385. The summed E-state index contributed by atoms with van der Waals surface area (Å²) >= 11 is 1.19. The second-order valence-electron chi connectivity index (χ2n) is 4.68. The number of hydrogen-bond donors (Lipinski definition) is 1. The molecule has 1 heterocycles. The van der Waals surface area contributed by atoms with Crippen molar-refractivity contribution in [2.45, 2.75) is 22.6 Å². The van der Waals surface area contributed by atoms with Crippen LogP contribution in [0.15, 0.2) is 33.0 Å². The van der Waals surface area contributed by atoms with E-state index in [0.29, 0.717) is 22.5 Å². The summed E-state index contributed by atoms with van der Waals surface area (Å²) in [7, 11) is -3.78. The Bertz CT molecular complexity index is 710. The summed E-state index contributed by atoms with van der Waals surface area (Å²) in [5, 5.41) is 11.0. The molecule has 1 aromatic rings. The minimum absolute atomic E-state index is 0.0675. The smallest absolute Gasteiger partial charge is 0.261 e. The van der Waals surface area contributed by atoms with Crippen LogP contribution in [0.2, 0.25) is 0 Å². The molecule has 1 N–H and O–H groups in total. The van der Waals surface area contributed by atoms with Crippen LogP contribution in [0.1, 0.15) is 12.8 Å². The number of hydrogen-bond acceptors (Lipinski definition) is 6. The second-order valence-corrected chi connectivity index (χ2v) is 7.37. The van der Waals surface area contributed by atoms with Gasteiger partial charge in [-0.05, 0) is 24.8 Å². The number of nitro benzene ring substituents is 1. The largest absolute Gasteiger partial charge is 0.270 e. The van der Waals surface area contributed by atoms with Gasteiger partial charge in [0.15, 0.2) is 5.17 Å². The minimum atomic E-state index is -3.78. The van der Waals surface area contributed by atoms with Crippen molar-refractivity contribution in [1.82, 2.24) is 4.72 Å². The Morgan fingerprint density at radius 1 is 1.45 bits per heavy atom. The number of non-ortho nitro benzene ring substituents is 1. The van der Waals surface area contributed by atoms with Crippen LogP contribution < -0.4 is 4.72 Å². The van der Waals surface area contributed by atoms with Gasteiger partial charge in [0, 0.05) is 23.6 Å². The van der Waals surface area contributed by atoms with Gasteiger partial charge in [-0.3, -0.25) is 19.8 Å². The maximum absolute atomic E-state index is 12.1. The molecule has 1 fully saturated rings. The van der Waals surface area contributed by atoms with Crippen molar-refractivity contribution in [2.75, 3.05) is 6.54 Å². The summed E-state index contributed by atoms with van der Waals surface area (Å²) < 4.78 is 26.5. The molecule has 0 radical (unpaired) electrons.